The molecule has 4 heteroatoms. The van der Waals surface area contributed by atoms with Crippen LogP contribution < -0.4 is 0 Å². The van der Waals surface area contributed by atoms with Gasteiger partial charge in [-0.2, -0.15) is 15.3 Å². The Morgan fingerprint density at radius 3 is 2.35 bits per heavy atom. The van der Waals surface area contributed by atoms with E-state index in [4.69, 9.17) is 10.2 Å². The fraction of sp³-hybridized carbons (Fsp3) is 0.875. The van der Waals surface area contributed by atoms with E-state index in [1.54, 1.807) is 0 Å². The molecule has 0 saturated heterocycles. The first kappa shape index (κ1) is 14.1. The molecule has 112 valence electrons. The molecule has 1 aliphatic heterocycles. The van der Waals surface area contributed by atoms with Gasteiger partial charge >= 0.3 is 0 Å². The molecule has 2 aliphatic carbocycles. The summed E-state index contributed by atoms with van der Waals surface area (Å²) in [5, 5.41) is 22.0. The largest absolute Gasteiger partial charge is 0.391 e. The van der Waals surface area contributed by atoms with Crippen LogP contribution in [0, 0.1) is 11.8 Å². The van der Waals surface area contributed by atoms with Crippen molar-refractivity contribution in [1.29, 1.82) is 0 Å². The van der Waals surface area contributed by atoms with E-state index in [0.29, 0.717) is 11.8 Å². The number of aliphatic hydroxyl groups excluding tert-OH is 1. The van der Waals surface area contributed by atoms with Gasteiger partial charge in [0.2, 0.25) is 0 Å². The standard InChI is InChI=1S/C16H27N3O/c1-11-7-8-12(2)16(20)15(9-11)19-17-13-5-3-4-6-14(10-13)18-19/h11-12,15-16,20H,3-10H2,1-2H3. The zero-order valence-electron chi connectivity index (χ0n) is 12.8. The third kappa shape index (κ3) is 2.90. The van der Waals surface area contributed by atoms with Crippen molar-refractivity contribution in [1.82, 2.24) is 5.12 Å². The minimum Gasteiger partial charge on any atom is -0.391 e. The van der Waals surface area contributed by atoms with Gasteiger partial charge in [-0.1, -0.05) is 20.3 Å². The van der Waals surface area contributed by atoms with E-state index in [1.165, 1.54) is 30.7 Å². The molecule has 0 spiro atoms. The van der Waals surface area contributed by atoms with Crippen LogP contribution in [0.25, 0.3) is 0 Å². The Bertz CT molecular complexity index is 396. The van der Waals surface area contributed by atoms with E-state index in [9.17, 15) is 5.11 Å². The summed E-state index contributed by atoms with van der Waals surface area (Å²) in [6.07, 6.45) is 8.62. The topological polar surface area (TPSA) is 48.2 Å². The van der Waals surface area contributed by atoms with Crippen molar-refractivity contribution in [2.24, 2.45) is 22.0 Å². The third-order valence-corrected chi connectivity index (χ3v) is 5.11. The van der Waals surface area contributed by atoms with Gasteiger partial charge in [-0.3, -0.25) is 0 Å². The number of nitrogens with zero attached hydrogens (tertiary/aromatic N) is 3. The molecule has 2 bridgehead atoms. The Morgan fingerprint density at radius 1 is 1.05 bits per heavy atom. The van der Waals surface area contributed by atoms with E-state index >= 15 is 0 Å². The molecule has 1 heterocycles. The fourth-order valence-electron chi connectivity index (χ4n) is 3.70. The number of rotatable bonds is 1. The van der Waals surface area contributed by atoms with Gasteiger partial charge in [-0.25, -0.2) is 0 Å². The second-order valence-corrected chi connectivity index (χ2v) is 6.99. The molecular weight excluding hydrogens is 250 g/mol. The highest BCUT2D eigenvalue weighted by atomic mass is 16.3. The minimum atomic E-state index is -0.311. The summed E-state index contributed by atoms with van der Waals surface area (Å²) in [6, 6.07) is 0.0610. The van der Waals surface area contributed by atoms with Crippen molar-refractivity contribution >= 4 is 11.4 Å². The highest BCUT2D eigenvalue weighted by Gasteiger charge is 2.35. The van der Waals surface area contributed by atoms with Crippen LogP contribution in [0.4, 0.5) is 0 Å². The van der Waals surface area contributed by atoms with E-state index in [-0.39, 0.29) is 12.1 Å². The van der Waals surface area contributed by atoms with Gasteiger partial charge in [0.15, 0.2) is 0 Å². The van der Waals surface area contributed by atoms with Crippen LogP contribution in [-0.2, 0) is 0 Å². The number of fused-ring (bicyclic) bond motifs is 2. The smallest absolute Gasteiger partial charge is 0.0979 e. The number of hydrogen-bond acceptors (Lipinski definition) is 4. The lowest BCUT2D eigenvalue weighted by atomic mass is 9.96. The van der Waals surface area contributed by atoms with Crippen LogP contribution in [0.1, 0.15) is 65.2 Å². The average molecular weight is 277 g/mol. The first-order chi connectivity index (χ1) is 9.63. The summed E-state index contributed by atoms with van der Waals surface area (Å²) in [7, 11) is 0. The van der Waals surface area contributed by atoms with Crippen molar-refractivity contribution in [2.45, 2.75) is 77.4 Å². The lowest BCUT2D eigenvalue weighted by Crippen LogP contribution is -2.43. The lowest BCUT2D eigenvalue weighted by molar-refractivity contribution is 0.0152. The summed E-state index contributed by atoms with van der Waals surface area (Å²) in [5.41, 5.74) is 2.54. The highest BCUT2D eigenvalue weighted by Crippen LogP contribution is 2.32. The van der Waals surface area contributed by atoms with Crippen LogP contribution in [0.5, 0.6) is 0 Å². The van der Waals surface area contributed by atoms with Gasteiger partial charge in [0.25, 0.3) is 0 Å². The molecule has 2 saturated carbocycles. The van der Waals surface area contributed by atoms with E-state index in [1.807, 2.05) is 5.12 Å². The van der Waals surface area contributed by atoms with Gasteiger partial charge in [0.1, 0.15) is 0 Å². The van der Waals surface area contributed by atoms with Crippen LogP contribution in [-0.4, -0.2) is 33.8 Å². The fourth-order valence-corrected chi connectivity index (χ4v) is 3.70. The van der Waals surface area contributed by atoms with Gasteiger partial charge in [0.05, 0.1) is 12.1 Å². The molecule has 0 radical (unpaired) electrons. The SMILES string of the molecule is CC1CCC(C)C(O)C(N2N=C3CCCCC(=N2)C3)C1. The Hall–Kier alpha value is -0.900. The van der Waals surface area contributed by atoms with Crippen molar-refractivity contribution in [3.05, 3.63) is 0 Å². The summed E-state index contributed by atoms with van der Waals surface area (Å²) < 4.78 is 0. The predicted molar refractivity (Wildman–Crippen MR) is 81.8 cm³/mol. The Kier molecular flexibility index (Phi) is 4.11. The minimum absolute atomic E-state index is 0.0610. The van der Waals surface area contributed by atoms with Crippen molar-refractivity contribution in [3.63, 3.8) is 0 Å². The van der Waals surface area contributed by atoms with E-state index in [0.717, 1.165) is 32.1 Å². The molecule has 3 aliphatic rings. The number of hydrazone groups is 2. The van der Waals surface area contributed by atoms with Gasteiger partial charge in [0, 0.05) is 17.8 Å². The lowest BCUT2D eigenvalue weighted by Gasteiger charge is -2.33. The highest BCUT2D eigenvalue weighted by molar-refractivity contribution is 6.05. The summed E-state index contributed by atoms with van der Waals surface area (Å²) >= 11 is 0. The molecule has 0 aromatic rings. The predicted octanol–water partition coefficient (Wildman–Crippen LogP) is 3.16. The summed E-state index contributed by atoms with van der Waals surface area (Å²) in [5.74, 6) is 0.984. The molecule has 4 unspecified atom stereocenters. The average Bonchev–Trinajstić information content (AvgIpc) is 2.68. The quantitative estimate of drug-likeness (QED) is 0.748. The van der Waals surface area contributed by atoms with Gasteiger partial charge in [-0.05, 0) is 50.4 Å². The second kappa shape index (κ2) is 5.84. The van der Waals surface area contributed by atoms with Crippen molar-refractivity contribution in [2.75, 3.05) is 0 Å². The Balaban J connectivity index is 1.84. The molecule has 4 atom stereocenters. The molecular formula is C16H27N3O. The maximum absolute atomic E-state index is 10.6. The third-order valence-electron chi connectivity index (χ3n) is 5.11. The maximum Gasteiger partial charge on any atom is 0.0979 e. The monoisotopic (exact) mass is 277 g/mol. The molecule has 3 rings (SSSR count). The van der Waals surface area contributed by atoms with Crippen molar-refractivity contribution in [3.8, 4) is 0 Å². The summed E-state index contributed by atoms with van der Waals surface area (Å²) in [6.45, 7) is 4.45. The normalized spacial score (nSPS) is 38.6. The van der Waals surface area contributed by atoms with Crippen LogP contribution >= 0.6 is 0 Å². The zero-order chi connectivity index (χ0) is 14.1. The van der Waals surface area contributed by atoms with Gasteiger partial charge in [-0.15, -0.1) is 0 Å². The van der Waals surface area contributed by atoms with E-state index < -0.39 is 0 Å². The maximum atomic E-state index is 10.6. The zero-order valence-corrected chi connectivity index (χ0v) is 12.8. The first-order valence-electron chi connectivity index (χ1n) is 8.23. The van der Waals surface area contributed by atoms with Crippen LogP contribution in [0.15, 0.2) is 10.2 Å². The van der Waals surface area contributed by atoms with Crippen molar-refractivity contribution < 1.29 is 5.11 Å². The first-order valence-corrected chi connectivity index (χ1v) is 8.23. The molecule has 0 amide bonds. The van der Waals surface area contributed by atoms with Gasteiger partial charge < -0.3 is 5.11 Å². The molecule has 1 N–H and O–H groups in total. The second-order valence-electron chi connectivity index (χ2n) is 6.99. The Labute approximate surface area is 121 Å². The number of aliphatic hydroxyl groups is 1. The molecule has 2 fully saturated rings. The Morgan fingerprint density at radius 2 is 1.70 bits per heavy atom. The number of hydrogen-bond donors (Lipinski definition) is 1. The molecule has 20 heavy (non-hydrogen) atoms. The molecule has 0 aromatic carbocycles. The van der Waals surface area contributed by atoms with Crippen LogP contribution in [0.2, 0.25) is 0 Å². The van der Waals surface area contributed by atoms with E-state index in [2.05, 4.69) is 13.8 Å². The molecule has 0 aromatic heterocycles. The van der Waals surface area contributed by atoms with Crippen LogP contribution in [0.3, 0.4) is 0 Å². The summed E-state index contributed by atoms with van der Waals surface area (Å²) in [4.78, 5) is 0. The molecule has 4 nitrogen and oxygen atoms in total.